The van der Waals surface area contributed by atoms with Crippen molar-refractivity contribution in [2.75, 3.05) is 18.8 Å². The molecule has 1 aliphatic heterocycles. The summed E-state index contributed by atoms with van der Waals surface area (Å²) in [5.41, 5.74) is 7.87. The number of nitrogen functional groups attached to an aromatic ring is 1. The average Bonchev–Trinajstić information content (AvgIpc) is 2.90. The molecule has 0 bridgehead atoms. The van der Waals surface area contributed by atoms with Crippen LogP contribution in [0.2, 0.25) is 5.02 Å². The van der Waals surface area contributed by atoms with Crippen molar-refractivity contribution in [1.82, 2.24) is 4.90 Å². The van der Waals surface area contributed by atoms with Gasteiger partial charge in [0.2, 0.25) is 0 Å². The molecule has 0 amide bonds. The third kappa shape index (κ3) is 3.69. The van der Waals surface area contributed by atoms with Crippen molar-refractivity contribution in [3.63, 3.8) is 0 Å². The van der Waals surface area contributed by atoms with Crippen molar-refractivity contribution in [3.05, 3.63) is 59.1 Å². The number of nitrogens with two attached hydrogens (primary N) is 1. The Morgan fingerprint density at radius 1 is 1.19 bits per heavy atom. The zero-order valence-corrected chi connectivity index (χ0v) is 12.6. The van der Waals surface area contributed by atoms with Crippen molar-refractivity contribution < 1.29 is 4.74 Å². The lowest BCUT2D eigenvalue weighted by molar-refractivity contribution is 0.199. The van der Waals surface area contributed by atoms with E-state index in [2.05, 4.69) is 29.2 Å². The van der Waals surface area contributed by atoms with E-state index in [0.717, 1.165) is 31.8 Å². The molecule has 4 heteroatoms. The molecule has 2 aromatic carbocycles. The van der Waals surface area contributed by atoms with Gasteiger partial charge in [0, 0.05) is 24.7 Å². The summed E-state index contributed by atoms with van der Waals surface area (Å²) in [4.78, 5) is 2.41. The van der Waals surface area contributed by atoms with E-state index in [1.807, 2.05) is 18.2 Å². The number of benzene rings is 2. The van der Waals surface area contributed by atoms with Crippen molar-refractivity contribution in [2.24, 2.45) is 0 Å². The molecule has 1 atom stereocenters. The second-order valence-electron chi connectivity index (χ2n) is 5.43. The standard InChI is InChI=1S/C17H19ClN2O/c18-14-6-7-17(16(19)10-14)21-15-8-9-20(12-15)11-13-4-2-1-3-5-13/h1-7,10,15H,8-9,11-12,19H2. The summed E-state index contributed by atoms with van der Waals surface area (Å²) in [6, 6.07) is 15.9. The summed E-state index contributed by atoms with van der Waals surface area (Å²) in [5, 5.41) is 0.636. The zero-order chi connectivity index (χ0) is 14.7. The molecule has 1 aliphatic rings. The molecule has 2 N–H and O–H groups in total. The summed E-state index contributed by atoms with van der Waals surface area (Å²) in [6.07, 6.45) is 1.21. The highest BCUT2D eigenvalue weighted by molar-refractivity contribution is 6.30. The Balaban J connectivity index is 1.57. The zero-order valence-electron chi connectivity index (χ0n) is 11.8. The normalized spacial score (nSPS) is 18.8. The SMILES string of the molecule is Nc1cc(Cl)ccc1OC1CCN(Cc2ccccc2)C1. The second kappa shape index (κ2) is 6.37. The molecular formula is C17H19ClN2O. The molecule has 0 saturated carbocycles. The highest BCUT2D eigenvalue weighted by Gasteiger charge is 2.24. The predicted molar refractivity (Wildman–Crippen MR) is 86.6 cm³/mol. The van der Waals surface area contributed by atoms with Gasteiger partial charge in [-0.2, -0.15) is 0 Å². The van der Waals surface area contributed by atoms with E-state index >= 15 is 0 Å². The average molecular weight is 303 g/mol. The largest absolute Gasteiger partial charge is 0.487 e. The summed E-state index contributed by atoms with van der Waals surface area (Å²) in [6.45, 7) is 2.95. The quantitative estimate of drug-likeness (QED) is 0.877. The first-order valence-corrected chi connectivity index (χ1v) is 7.56. The van der Waals surface area contributed by atoms with Gasteiger partial charge in [0.1, 0.15) is 11.9 Å². The Morgan fingerprint density at radius 3 is 2.76 bits per heavy atom. The van der Waals surface area contributed by atoms with Crippen LogP contribution in [0.25, 0.3) is 0 Å². The van der Waals surface area contributed by atoms with Gasteiger partial charge in [-0.3, -0.25) is 4.90 Å². The van der Waals surface area contributed by atoms with Crippen molar-refractivity contribution in [1.29, 1.82) is 0 Å². The minimum absolute atomic E-state index is 0.192. The first-order chi connectivity index (χ1) is 10.2. The summed E-state index contributed by atoms with van der Waals surface area (Å²) in [5.74, 6) is 0.728. The highest BCUT2D eigenvalue weighted by atomic mass is 35.5. The van der Waals surface area contributed by atoms with Crippen LogP contribution in [0.3, 0.4) is 0 Å². The molecule has 0 aliphatic carbocycles. The van der Waals surface area contributed by atoms with Crippen LogP contribution in [-0.4, -0.2) is 24.1 Å². The minimum Gasteiger partial charge on any atom is -0.487 e. The molecule has 0 spiro atoms. The number of likely N-dealkylation sites (tertiary alicyclic amines) is 1. The van der Waals surface area contributed by atoms with Gasteiger partial charge in [-0.25, -0.2) is 0 Å². The number of ether oxygens (including phenoxy) is 1. The molecular weight excluding hydrogens is 284 g/mol. The molecule has 110 valence electrons. The number of anilines is 1. The van der Waals surface area contributed by atoms with Crippen LogP contribution in [0, 0.1) is 0 Å². The van der Waals surface area contributed by atoms with Crippen molar-refractivity contribution in [3.8, 4) is 5.75 Å². The fourth-order valence-electron chi connectivity index (χ4n) is 2.68. The number of rotatable bonds is 4. The van der Waals surface area contributed by atoms with E-state index in [1.165, 1.54) is 5.56 Å². The van der Waals surface area contributed by atoms with Crippen LogP contribution in [0.15, 0.2) is 48.5 Å². The van der Waals surface area contributed by atoms with Gasteiger partial charge in [-0.1, -0.05) is 41.9 Å². The molecule has 3 rings (SSSR count). The Morgan fingerprint density at radius 2 is 2.00 bits per heavy atom. The lowest BCUT2D eigenvalue weighted by atomic mass is 10.2. The summed E-state index contributed by atoms with van der Waals surface area (Å²) < 4.78 is 6.00. The van der Waals surface area contributed by atoms with Gasteiger partial charge >= 0.3 is 0 Å². The number of hydrogen-bond donors (Lipinski definition) is 1. The lowest BCUT2D eigenvalue weighted by Gasteiger charge is -2.18. The van der Waals surface area contributed by atoms with Crippen LogP contribution in [0.1, 0.15) is 12.0 Å². The third-order valence-corrected chi connectivity index (χ3v) is 3.98. The minimum atomic E-state index is 0.192. The summed E-state index contributed by atoms with van der Waals surface area (Å²) >= 11 is 5.90. The van der Waals surface area contributed by atoms with Crippen LogP contribution in [0.4, 0.5) is 5.69 Å². The molecule has 1 saturated heterocycles. The Bertz CT molecular complexity index is 603. The van der Waals surface area contributed by atoms with Crippen LogP contribution in [0.5, 0.6) is 5.75 Å². The van der Waals surface area contributed by atoms with E-state index in [1.54, 1.807) is 6.07 Å². The molecule has 3 nitrogen and oxygen atoms in total. The maximum atomic E-state index is 6.00. The maximum Gasteiger partial charge on any atom is 0.142 e. The van der Waals surface area contributed by atoms with E-state index in [4.69, 9.17) is 22.1 Å². The third-order valence-electron chi connectivity index (χ3n) is 3.74. The Labute approximate surface area is 130 Å². The number of halogens is 1. The van der Waals surface area contributed by atoms with E-state index in [0.29, 0.717) is 10.7 Å². The van der Waals surface area contributed by atoms with Crippen LogP contribution in [-0.2, 0) is 6.54 Å². The fourth-order valence-corrected chi connectivity index (χ4v) is 2.87. The van der Waals surface area contributed by atoms with Gasteiger partial charge in [0.15, 0.2) is 0 Å². The Kier molecular flexibility index (Phi) is 4.32. The fraction of sp³-hybridized carbons (Fsp3) is 0.294. The molecule has 1 fully saturated rings. The van der Waals surface area contributed by atoms with Crippen molar-refractivity contribution >= 4 is 17.3 Å². The first kappa shape index (κ1) is 14.2. The predicted octanol–water partition coefficient (Wildman–Crippen LogP) is 3.58. The monoisotopic (exact) mass is 302 g/mol. The van der Waals surface area contributed by atoms with Crippen LogP contribution < -0.4 is 10.5 Å². The van der Waals surface area contributed by atoms with Gasteiger partial charge in [0.05, 0.1) is 5.69 Å². The molecule has 0 aromatic heterocycles. The van der Waals surface area contributed by atoms with Gasteiger partial charge in [-0.05, 0) is 30.2 Å². The maximum absolute atomic E-state index is 6.00. The molecule has 1 heterocycles. The smallest absolute Gasteiger partial charge is 0.142 e. The lowest BCUT2D eigenvalue weighted by Crippen LogP contribution is -2.24. The molecule has 21 heavy (non-hydrogen) atoms. The Hall–Kier alpha value is -1.71. The second-order valence-corrected chi connectivity index (χ2v) is 5.87. The van der Waals surface area contributed by atoms with E-state index < -0.39 is 0 Å². The van der Waals surface area contributed by atoms with Gasteiger partial charge < -0.3 is 10.5 Å². The van der Waals surface area contributed by atoms with E-state index in [9.17, 15) is 0 Å². The van der Waals surface area contributed by atoms with Crippen LogP contribution >= 0.6 is 11.6 Å². The van der Waals surface area contributed by atoms with Gasteiger partial charge in [-0.15, -0.1) is 0 Å². The molecule has 1 unspecified atom stereocenters. The number of hydrogen-bond acceptors (Lipinski definition) is 3. The molecule has 0 radical (unpaired) electrons. The number of nitrogens with zero attached hydrogens (tertiary/aromatic N) is 1. The summed E-state index contributed by atoms with van der Waals surface area (Å²) in [7, 11) is 0. The van der Waals surface area contributed by atoms with E-state index in [-0.39, 0.29) is 6.10 Å². The first-order valence-electron chi connectivity index (χ1n) is 7.18. The topological polar surface area (TPSA) is 38.5 Å². The molecule has 2 aromatic rings. The highest BCUT2D eigenvalue weighted by Crippen LogP contribution is 2.28. The van der Waals surface area contributed by atoms with Gasteiger partial charge in [0.25, 0.3) is 0 Å². The van der Waals surface area contributed by atoms with Crippen molar-refractivity contribution in [2.45, 2.75) is 19.1 Å².